The molecule has 7 nitrogen and oxygen atoms in total. The van der Waals surface area contributed by atoms with Crippen molar-refractivity contribution in [3.63, 3.8) is 0 Å². The first-order valence-corrected chi connectivity index (χ1v) is 10.9. The van der Waals surface area contributed by atoms with Gasteiger partial charge in [-0.1, -0.05) is 42.8 Å². The number of sulfonamides is 1. The molecule has 0 atom stereocenters. The summed E-state index contributed by atoms with van der Waals surface area (Å²) in [4.78, 5) is 12.8. The highest BCUT2D eigenvalue weighted by atomic mass is 32.2. The SMILES string of the molecule is CCc1c(C(=O)NCCNS(=O)(=O)c2ccccc2)cnn1-c1ccc(C)cc1. The maximum Gasteiger partial charge on any atom is 0.254 e. The normalized spacial score (nSPS) is 11.4. The third kappa shape index (κ3) is 4.90. The van der Waals surface area contributed by atoms with Crippen LogP contribution in [-0.4, -0.2) is 37.2 Å². The third-order valence-electron chi connectivity index (χ3n) is 4.48. The molecule has 3 aromatic rings. The first-order chi connectivity index (χ1) is 13.9. The Labute approximate surface area is 170 Å². The summed E-state index contributed by atoms with van der Waals surface area (Å²) in [5.41, 5.74) is 3.33. The van der Waals surface area contributed by atoms with Crippen LogP contribution in [0.15, 0.2) is 65.7 Å². The van der Waals surface area contributed by atoms with E-state index < -0.39 is 10.0 Å². The van der Waals surface area contributed by atoms with Crippen molar-refractivity contribution in [3.05, 3.63) is 77.6 Å². The monoisotopic (exact) mass is 412 g/mol. The molecule has 3 rings (SSSR count). The van der Waals surface area contributed by atoms with Gasteiger partial charge in [0.1, 0.15) is 0 Å². The minimum Gasteiger partial charge on any atom is -0.351 e. The zero-order valence-corrected chi connectivity index (χ0v) is 17.2. The summed E-state index contributed by atoms with van der Waals surface area (Å²) in [6.45, 7) is 4.24. The van der Waals surface area contributed by atoms with Gasteiger partial charge >= 0.3 is 0 Å². The number of hydrogen-bond donors (Lipinski definition) is 2. The van der Waals surface area contributed by atoms with Gasteiger partial charge in [0.2, 0.25) is 10.0 Å². The van der Waals surface area contributed by atoms with Gasteiger partial charge < -0.3 is 5.32 Å². The number of aryl methyl sites for hydroxylation is 1. The van der Waals surface area contributed by atoms with Crippen LogP contribution in [0.1, 0.15) is 28.5 Å². The molecule has 0 radical (unpaired) electrons. The molecule has 1 heterocycles. The second-order valence-electron chi connectivity index (χ2n) is 6.57. The van der Waals surface area contributed by atoms with Crippen LogP contribution in [0.4, 0.5) is 0 Å². The minimum absolute atomic E-state index is 0.0938. The van der Waals surface area contributed by atoms with Crippen LogP contribution in [-0.2, 0) is 16.4 Å². The zero-order valence-electron chi connectivity index (χ0n) is 16.4. The molecule has 0 aliphatic rings. The molecule has 0 unspecified atom stereocenters. The van der Waals surface area contributed by atoms with Gasteiger partial charge in [0.15, 0.2) is 0 Å². The number of nitrogens with zero attached hydrogens (tertiary/aromatic N) is 2. The van der Waals surface area contributed by atoms with Crippen molar-refractivity contribution in [2.45, 2.75) is 25.2 Å². The van der Waals surface area contributed by atoms with E-state index in [0.29, 0.717) is 12.0 Å². The number of nitrogens with one attached hydrogen (secondary N) is 2. The van der Waals surface area contributed by atoms with E-state index in [1.54, 1.807) is 29.1 Å². The fourth-order valence-corrected chi connectivity index (χ4v) is 4.00. The molecule has 1 aromatic heterocycles. The largest absolute Gasteiger partial charge is 0.351 e. The van der Waals surface area contributed by atoms with Gasteiger partial charge in [0, 0.05) is 13.1 Å². The summed E-state index contributed by atoms with van der Waals surface area (Å²) in [6, 6.07) is 16.0. The molecular formula is C21H24N4O3S. The summed E-state index contributed by atoms with van der Waals surface area (Å²) in [5.74, 6) is -0.279. The molecule has 0 aliphatic carbocycles. The summed E-state index contributed by atoms with van der Waals surface area (Å²) in [5, 5.41) is 7.11. The van der Waals surface area contributed by atoms with E-state index in [1.165, 1.54) is 12.1 Å². The second kappa shape index (κ2) is 9.02. The lowest BCUT2D eigenvalue weighted by atomic mass is 10.1. The van der Waals surface area contributed by atoms with E-state index in [2.05, 4.69) is 15.1 Å². The van der Waals surface area contributed by atoms with Crippen LogP contribution in [0.25, 0.3) is 5.69 Å². The Hall–Kier alpha value is -2.97. The van der Waals surface area contributed by atoms with Gasteiger partial charge in [-0.15, -0.1) is 0 Å². The van der Waals surface area contributed by atoms with Crippen LogP contribution >= 0.6 is 0 Å². The topological polar surface area (TPSA) is 93.1 Å². The average molecular weight is 413 g/mol. The molecule has 2 N–H and O–H groups in total. The van der Waals surface area contributed by atoms with Gasteiger partial charge in [0.25, 0.3) is 5.91 Å². The number of hydrogen-bond acceptors (Lipinski definition) is 4. The van der Waals surface area contributed by atoms with Crippen LogP contribution in [0.5, 0.6) is 0 Å². The number of benzene rings is 2. The quantitative estimate of drug-likeness (QED) is 0.556. The summed E-state index contributed by atoms with van der Waals surface area (Å²) >= 11 is 0. The fourth-order valence-electron chi connectivity index (χ4n) is 2.95. The Bertz CT molecular complexity index is 1070. The lowest BCUT2D eigenvalue weighted by Gasteiger charge is -2.10. The van der Waals surface area contributed by atoms with Crippen LogP contribution in [0.3, 0.4) is 0 Å². The smallest absolute Gasteiger partial charge is 0.254 e. The van der Waals surface area contributed by atoms with Crippen molar-refractivity contribution < 1.29 is 13.2 Å². The van der Waals surface area contributed by atoms with E-state index in [9.17, 15) is 13.2 Å². The highest BCUT2D eigenvalue weighted by Crippen LogP contribution is 2.16. The summed E-state index contributed by atoms with van der Waals surface area (Å²) in [6.07, 6.45) is 2.18. The lowest BCUT2D eigenvalue weighted by molar-refractivity contribution is 0.0953. The van der Waals surface area contributed by atoms with Crippen LogP contribution in [0, 0.1) is 6.92 Å². The van der Waals surface area contributed by atoms with Gasteiger partial charge in [-0.25, -0.2) is 17.8 Å². The van der Waals surface area contributed by atoms with Crippen LogP contribution in [0.2, 0.25) is 0 Å². The van der Waals surface area contributed by atoms with Gasteiger partial charge in [-0.2, -0.15) is 5.10 Å². The van der Waals surface area contributed by atoms with Gasteiger partial charge in [0.05, 0.1) is 28.0 Å². The first kappa shape index (κ1) is 20.8. The predicted octanol–water partition coefficient (Wildman–Crippen LogP) is 2.45. The van der Waals surface area contributed by atoms with E-state index in [-0.39, 0.29) is 23.9 Å². The number of rotatable bonds is 8. The van der Waals surface area contributed by atoms with Crippen molar-refractivity contribution in [2.75, 3.05) is 13.1 Å². The van der Waals surface area contributed by atoms with Crippen LogP contribution < -0.4 is 10.0 Å². The first-order valence-electron chi connectivity index (χ1n) is 9.39. The maximum absolute atomic E-state index is 12.6. The minimum atomic E-state index is -3.59. The molecule has 1 amide bonds. The summed E-state index contributed by atoms with van der Waals surface area (Å²) < 4.78 is 28.6. The molecule has 0 aliphatic heterocycles. The van der Waals surface area contributed by atoms with Gasteiger partial charge in [-0.3, -0.25) is 4.79 Å². The average Bonchev–Trinajstić information content (AvgIpc) is 3.16. The van der Waals surface area contributed by atoms with Crippen molar-refractivity contribution in [3.8, 4) is 5.69 Å². The van der Waals surface area contributed by atoms with E-state index in [1.807, 2.05) is 38.1 Å². The Morgan fingerprint density at radius 3 is 2.38 bits per heavy atom. The highest BCUT2D eigenvalue weighted by Gasteiger charge is 2.17. The molecule has 0 saturated carbocycles. The van der Waals surface area contributed by atoms with Crippen molar-refractivity contribution in [1.29, 1.82) is 0 Å². The maximum atomic E-state index is 12.6. The molecule has 0 saturated heterocycles. The van der Waals surface area contributed by atoms with E-state index in [4.69, 9.17) is 0 Å². The van der Waals surface area contributed by atoms with Crippen molar-refractivity contribution in [1.82, 2.24) is 19.8 Å². The Balaban J connectivity index is 1.62. The molecular weight excluding hydrogens is 388 g/mol. The Morgan fingerprint density at radius 1 is 1.03 bits per heavy atom. The molecule has 8 heteroatoms. The predicted molar refractivity (Wildman–Crippen MR) is 112 cm³/mol. The van der Waals surface area contributed by atoms with E-state index in [0.717, 1.165) is 16.9 Å². The Morgan fingerprint density at radius 2 is 1.72 bits per heavy atom. The second-order valence-corrected chi connectivity index (χ2v) is 8.34. The van der Waals surface area contributed by atoms with Gasteiger partial charge in [-0.05, 0) is 37.6 Å². The molecule has 2 aromatic carbocycles. The van der Waals surface area contributed by atoms with E-state index >= 15 is 0 Å². The molecule has 152 valence electrons. The number of amides is 1. The molecule has 29 heavy (non-hydrogen) atoms. The third-order valence-corrected chi connectivity index (χ3v) is 5.96. The summed E-state index contributed by atoms with van der Waals surface area (Å²) in [7, 11) is -3.59. The molecule has 0 bridgehead atoms. The lowest BCUT2D eigenvalue weighted by Crippen LogP contribution is -2.35. The standard InChI is InChI=1S/C21H24N4O3S/c1-3-20-19(15-23-25(20)17-11-9-16(2)10-12-17)21(26)22-13-14-24-29(27,28)18-7-5-4-6-8-18/h4-12,15,24H,3,13-14H2,1-2H3,(H,22,26). The molecule has 0 fully saturated rings. The fraction of sp³-hybridized carbons (Fsp3) is 0.238. The van der Waals surface area contributed by atoms with Crippen molar-refractivity contribution in [2.24, 2.45) is 0 Å². The highest BCUT2D eigenvalue weighted by molar-refractivity contribution is 7.89. The number of carbonyl (C=O) groups excluding carboxylic acids is 1. The van der Waals surface area contributed by atoms with Crippen molar-refractivity contribution >= 4 is 15.9 Å². The molecule has 0 spiro atoms. The zero-order chi connectivity index (χ0) is 20.9. The number of aromatic nitrogens is 2. The number of carbonyl (C=O) groups is 1. The Kier molecular flexibility index (Phi) is 6.46.